The lowest BCUT2D eigenvalue weighted by Crippen LogP contribution is -2.45. The van der Waals surface area contributed by atoms with Gasteiger partial charge in [-0.25, -0.2) is 4.79 Å². The van der Waals surface area contributed by atoms with Crippen molar-refractivity contribution in [2.24, 2.45) is 0 Å². The van der Waals surface area contributed by atoms with Gasteiger partial charge in [0.2, 0.25) is 0 Å². The fourth-order valence-corrected chi connectivity index (χ4v) is 1.69. The molecule has 0 saturated carbocycles. The van der Waals surface area contributed by atoms with Gasteiger partial charge in [-0.2, -0.15) is 5.26 Å². The molecule has 7 heteroatoms. The monoisotopic (exact) mass is 295 g/mol. The number of rotatable bonds is 6. The van der Waals surface area contributed by atoms with Gasteiger partial charge < -0.3 is 25.2 Å². The maximum atomic E-state index is 11.3. The van der Waals surface area contributed by atoms with Crippen LogP contribution in [0.5, 0.6) is 0 Å². The summed E-state index contributed by atoms with van der Waals surface area (Å²) >= 11 is 0. The van der Waals surface area contributed by atoms with E-state index in [1.165, 1.54) is 31.2 Å². The third kappa shape index (κ3) is 4.24. The molecule has 1 aromatic carbocycles. The number of carbonyl (C=O) groups excluding carboxylic acids is 1. The number of aliphatic hydroxyl groups excluding tert-OH is 4. The van der Waals surface area contributed by atoms with Crippen LogP contribution in [0.3, 0.4) is 0 Å². The van der Waals surface area contributed by atoms with E-state index in [2.05, 4.69) is 4.74 Å². The molecule has 0 fully saturated rings. The molecule has 0 unspecified atom stereocenters. The van der Waals surface area contributed by atoms with Crippen LogP contribution in [0.4, 0.5) is 0 Å². The summed E-state index contributed by atoms with van der Waals surface area (Å²) in [5.41, 5.74) is 0.601. The third-order valence-corrected chi connectivity index (χ3v) is 2.91. The van der Waals surface area contributed by atoms with Crippen LogP contribution in [0.1, 0.15) is 24.2 Å². The quantitative estimate of drug-likeness (QED) is 0.507. The van der Waals surface area contributed by atoms with Crippen molar-refractivity contribution in [3.8, 4) is 6.07 Å². The molecule has 0 aromatic heterocycles. The molecule has 114 valence electrons. The van der Waals surface area contributed by atoms with Gasteiger partial charge in [-0.3, -0.25) is 0 Å². The molecule has 4 N–H and O–H groups in total. The van der Waals surface area contributed by atoms with Crippen LogP contribution >= 0.6 is 0 Å². The first-order valence-corrected chi connectivity index (χ1v) is 6.31. The summed E-state index contributed by atoms with van der Waals surface area (Å²) in [4.78, 5) is 11.3. The molecule has 0 radical (unpaired) electrons. The molecule has 4 atom stereocenters. The Morgan fingerprint density at radius 3 is 2.24 bits per heavy atom. The minimum absolute atomic E-state index is 0.0108. The summed E-state index contributed by atoms with van der Waals surface area (Å²) in [6, 6.07) is 7.55. The lowest BCUT2D eigenvalue weighted by atomic mass is 9.97. The molecule has 21 heavy (non-hydrogen) atoms. The van der Waals surface area contributed by atoms with Gasteiger partial charge in [0.25, 0.3) is 0 Å². The molecule has 1 aromatic rings. The van der Waals surface area contributed by atoms with Gasteiger partial charge in [0, 0.05) is 0 Å². The van der Waals surface area contributed by atoms with E-state index in [4.69, 9.17) is 5.26 Å². The largest absolute Gasteiger partial charge is 0.464 e. The van der Waals surface area contributed by atoms with Gasteiger partial charge in [-0.1, -0.05) is 12.1 Å². The molecule has 0 spiro atoms. The van der Waals surface area contributed by atoms with Crippen LogP contribution in [0.15, 0.2) is 24.3 Å². The summed E-state index contributed by atoms with van der Waals surface area (Å²) < 4.78 is 4.51. The number of ether oxygens (including phenoxy) is 1. The van der Waals surface area contributed by atoms with Crippen molar-refractivity contribution in [3.63, 3.8) is 0 Å². The number of nitrogens with zero attached hydrogens (tertiary/aromatic N) is 1. The Labute approximate surface area is 121 Å². The molecule has 1 rings (SSSR count). The predicted octanol–water partition coefficient (Wildman–Crippen LogP) is -0.763. The zero-order valence-electron chi connectivity index (χ0n) is 11.4. The van der Waals surface area contributed by atoms with Gasteiger partial charge in [0.05, 0.1) is 18.2 Å². The molecule has 0 aliphatic carbocycles. The van der Waals surface area contributed by atoms with Crippen molar-refractivity contribution in [1.82, 2.24) is 0 Å². The minimum atomic E-state index is -1.96. The molecule has 0 heterocycles. The summed E-state index contributed by atoms with van der Waals surface area (Å²) in [5.74, 6) is -1.09. The van der Waals surface area contributed by atoms with Crippen LogP contribution < -0.4 is 0 Å². The number of nitriles is 1. The standard InChI is InChI=1S/C14H17NO6/c1-2-21-14(20)13(19)12(18)11(17)10(16)9-5-3-8(7-15)4-6-9/h3-6,10-13,16-19H,2H2,1H3/t10-,11+,12-,13+/m0/s1. The molecular formula is C14H17NO6. The Hall–Kier alpha value is -1.98. The van der Waals surface area contributed by atoms with Crippen LogP contribution in [-0.4, -0.2) is 51.3 Å². The Kier molecular flexibility index (Phi) is 6.27. The summed E-state index contributed by atoms with van der Waals surface area (Å²) in [5, 5.41) is 47.6. The molecule has 0 aliphatic rings. The second-order valence-corrected chi connectivity index (χ2v) is 4.36. The molecule has 0 aliphatic heterocycles. The van der Waals surface area contributed by atoms with Crippen molar-refractivity contribution in [2.45, 2.75) is 31.3 Å². The van der Waals surface area contributed by atoms with Gasteiger partial charge in [0.1, 0.15) is 18.3 Å². The first kappa shape index (κ1) is 17.1. The van der Waals surface area contributed by atoms with E-state index < -0.39 is 30.4 Å². The SMILES string of the molecule is CCOC(=O)[C@H](O)[C@@H](O)[C@H](O)[C@@H](O)c1ccc(C#N)cc1. The number of carbonyl (C=O) groups is 1. The minimum Gasteiger partial charge on any atom is -0.464 e. The van der Waals surface area contributed by atoms with E-state index in [-0.39, 0.29) is 12.2 Å². The average Bonchev–Trinajstić information content (AvgIpc) is 2.52. The van der Waals surface area contributed by atoms with E-state index in [0.717, 1.165) is 0 Å². The topological polar surface area (TPSA) is 131 Å². The molecule has 0 saturated heterocycles. The number of hydrogen-bond acceptors (Lipinski definition) is 7. The highest BCUT2D eigenvalue weighted by atomic mass is 16.5. The van der Waals surface area contributed by atoms with Crippen molar-refractivity contribution in [3.05, 3.63) is 35.4 Å². The lowest BCUT2D eigenvalue weighted by Gasteiger charge is -2.25. The van der Waals surface area contributed by atoms with Crippen molar-refractivity contribution >= 4 is 5.97 Å². The Morgan fingerprint density at radius 1 is 1.19 bits per heavy atom. The van der Waals surface area contributed by atoms with Crippen molar-refractivity contribution in [1.29, 1.82) is 5.26 Å². The molecule has 0 bridgehead atoms. The summed E-state index contributed by atoms with van der Waals surface area (Å²) in [6.45, 7) is 1.54. The van der Waals surface area contributed by atoms with E-state index in [1.807, 2.05) is 6.07 Å². The van der Waals surface area contributed by atoms with Gasteiger partial charge in [0.15, 0.2) is 6.10 Å². The molecule has 0 amide bonds. The predicted molar refractivity (Wildman–Crippen MR) is 70.8 cm³/mol. The number of hydrogen-bond donors (Lipinski definition) is 4. The fourth-order valence-electron chi connectivity index (χ4n) is 1.69. The van der Waals surface area contributed by atoms with Crippen LogP contribution in [0.25, 0.3) is 0 Å². The number of aliphatic hydroxyl groups is 4. The first-order valence-electron chi connectivity index (χ1n) is 6.31. The zero-order chi connectivity index (χ0) is 16.0. The van der Waals surface area contributed by atoms with E-state index in [0.29, 0.717) is 5.56 Å². The van der Waals surface area contributed by atoms with Gasteiger partial charge in [-0.05, 0) is 24.6 Å². The lowest BCUT2D eigenvalue weighted by molar-refractivity contribution is -0.168. The Bertz CT molecular complexity index is 509. The number of esters is 1. The van der Waals surface area contributed by atoms with E-state index >= 15 is 0 Å². The second kappa shape index (κ2) is 7.71. The first-order chi connectivity index (χ1) is 9.92. The van der Waals surface area contributed by atoms with Gasteiger partial charge >= 0.3 is 5.97 Å². The summed E-state index contributed by atoms with van der Waals surface area (Å²) in [7, 11) is 0. The van der Waals surface area contributed by atoms with Crippen LogP contribution in [-0.2, 0) is 9.53 Å². The maximum absolute atomic E-state index is 11.3. The highest BCUT2D eigenvalue weighted by Crippen LogP contribution is 2.21. The molecule has 7 nitrogen and oxygen atoms in total. The average molecular weight is 295 g/mol. The smallest absolute Gasteiger partial charge is 0.337 e. The maximum Gasteiger partial charge on any atom is 0.337 e. The second-order valence-electron chi connectivity index (χ2n) is 4.36. The van der Waals surface area contributed by atoms with Crippen LogP contribution in [0, 0.1) is 11.3 Å². The Morgan fingerprint density at radius 2 is 1.76 bits per heavy atom. The highest BCUT2D eigenvalue weighted by Gasteiger charge is 2.35. The van der Waals surface area contributed by atoms with Crippen molar-refractivity contribution in [2.75, 3.05) is 6.61 Å². The van der Waals surface area contributed by atoms with Crippen molar-refractivity contribution < 1.29 is 30.0 Å². The fraction of sp³-hybridized carbons (Fsp3) is 0.429. The summed E-state index contributed by atoms with van der Waals surface area (Å²) in [6.07, 6.45) is -7.20. The highest BCUT2D eigenvalue weighted by molar-refractivity contribution is 5.75. The van der Waals surface area contributed by atoms with E-state index in [1.54, 1.807) is 0 Å². The normalized spacial score (nSPS) is 16.4. The van der Waals surface area contributed by atoms with Crippen LogP contribution in [0.2, 0.25) is 0 Å². The molecular weight excluding hydrogens is 278 g/mol. The van der Waals surface area contributed by atoms with E-state index in [9.17, 15) is 25.2 Å². The third-order valence-electron chi connectivity index (χ3n) is 2.91. The Balaban J connectivity index is 2.78. The number of benzene rings is 1. The van der Waals surface area contributed by atoms with Gasteiger partial charge in [-0.15, -0.1) is 0 Å². The zero-order valence-corrected chi connectivity index (χ0v) is 11.4.